The Morgan fingerprint density at radius 2 is 1.75 bits per heavy atom. The van der Waals surface area contributed by atoms with E-state index in [1.54, 1.807) is 13.0 Å². The average Bonchev–Trinajstić information content (AvgIpc) is 2.45. The molecule has 2 rings (SSSR count). The van der Waals surface area contributed by atoms with Crippen LogP contribution in [0.2, 0.25) is 0 Å². The Balaban J connectivity index is 2.35. The van der Waals surface area contributed by atoms with Gasteiger partial charge in [0.05, 0.1) is 6.04 Å². The van der Waals surface area contributed by atoms with Crippen LogP contribution in [0.1, 0.15) is 36.1 Å². The second-order valence-electron chi connectivity index (χ2n) is 4.95. The molecule has 0 saturated heterocycles. The number of hydrogen-bond donors (Lipinski definition) is 1. The summed E-state index contributed by atoms with van der Waals surface area (Å²) in [7, 11) is 0. The summed E-state index contributed by atoms with van der Waals surface area (Å²) in [4.78, 5) is 0. The molecule has 0 aliphatic carbocycles. The largest absolute Gasteiger partial charge is 0.306 e. The zero-order valence-electron chi connectivity index (χ0n) is 11.8. The van der Waals surface area contributed by atoms with E-state index in [1.807, 2.05) is 24.3 Å². The highest BCUT2D eigenvalue weighted by Gasteiger charge is 2.14. The van der Waals surface area contributed by atoms with Crippen LogP contribution < -0.4 is 5.32 Å². The summed E-state index contributed by atoms with van der Waals surface area (Å²) < 4.78 is 14.5. The van der Waals surface area contributed by atoms with Gasteiger partial charge in [0.1, 0.15) is 5.82 Å². The van der Waals surface area contributed by atoms with Crippen molar-refractivity contribution in [3.8, 4) is 0 Å². The molecule has 0 saturated carbocycles. The van der Waals surface area contributed by atoms with Crippen molar-refractivity contribution in [2.75, 3.05) is 6.54 Å². The molecule has 0 heterocycles. The summed E-state index contributed by atoms with van der Waals surface area (Å²) in [6.45, 7) is 4.87. The van der Waals surface area contributed by atoms with Gasteiger partial charge in [-0.05, 0) is 54.8 Å². The van der Waals surface area contributed by atoms with Crippen LogP contribution in [-0.2, 0) is 0 Å². The highest BCUT2D eigenvalue weighted by atomic mass is 79.9. The molecule has 1 N–H and O–H groups in total. The second kappa shape index (κ2) is 7.00. The van der Waals surface area contributed by atoms with Gasteiger partial charge in [0.15, 0.2) is 0 Å². The van der Waals surface area contributed by atoms with Gasteiger partial charge in [-0.2, -0.15) is 0 Å². The first kappa shape index (κ1) is 15.2. The van der Waals surface area contributed by atoms with Gasteiger partial charge in [-0.25, -0.2) is 4.39 Å². The third kappa shape index (κ3) is 3.68. The van der Waals surface area contributed by atoms with Crippen molar-refractivity contribution < 1.29 is 4.39 Å². The van der Waals surface area contributed by atoms with E-state index in [1.165, 1.54) is 5.56 Å². The fourth-order valence-electron chi connectivity index (χ4n) is 2.22. The van der Waals surface area contributed by atoms with Crippen LogP contribution in [0, 0.1) is 12.7 Å². The molecule has 20 heavy (non-hydrogen) atoms. The highest BCUT2D eigenvalue weighted by molar-refractivity contribution is 9.10. The summed E-state index contributed by atoms with van der Waals surface area (Å²) in [5, 5.41) is 3.53. The molecule has 1 atom stereocenters. The maximum Gasteiger partial charge on any atom is 0.126 e. The molecule has 2 aromatic rings. The Kier molecular flexibility index (Phi) is 5.32. The number of benzene rings is 2. The van der Waals surface area contributed by atoms with E-state index in [2.05, 4.69) is 40.3 Å². The van der Waals surface area contributed by atoms with Gasteiger partial charge in [-0.3, -0.25) is 0 Å². The average molecular weight is 336 g/mol. The molecule has 0 spiro atoms. The number of halogens is 2. The summed E-state index contributed by atoms with van der Waals surface area (Å²) in [6.07, 6.45) is 1.06. The van der Waals surface area contributed by atoms with Gasteiger partial charge < -0.3 is 5.32 Å². The van der Waals surface area contributed by atoms with Gasteiger partial charge in [0.2, 0.25) is 0 Å². The lowest BCUT2D eigenvalue weighted by Crippen LogP contribution is -2.23. The summed E-state index contributed by atoms with van der Waals surface area (Å²) in [5.74, 6) is -0.154. The van der Waals surface area contributed by atoms with Crippen LogP contribution in [0.5, 0.6) is 0 Å². The molecule has 0 amide bonds. The molecule has 0 fully saturated rings. The third-order valence-corrected chi connectivity index (χ3v) is 3.85. The first-order valence-electron chi connectivity index (χ1n) is 6.86. The predicted octanol–water partition coefficient (Wildman–Crippen LogP) is 4.99. The fraction of sp³-hybridized carbons (Fsp3) is 0.294. The van der Waals surface area contributed by atoms with Gasteiger partial charge in [0, 0.05) is 4.47 Å². The minimum atomic E-state index is -0.154. The molecule has 2 aromatic carbocycles. The van der Waals surface area contributed by atoms with Crippen LogP contribution in [0.25, 0.3) is 0 Å². The summed E-state index contributed by atoms with van der Waals surface area (Å²) in [6, 6.07) is 13.7. The maximum absolute atomic E-state index is 13.4. The first-order valence-corrected chi connectivity index (χ1v) is 7.66. The minimum absolute atomic E-state index is 0.0994. The van der Waals surface area contributed by atoms with E-state index < -0.39 is 0 Å². The Morgan fingerprint density at radius 1 is 1.10 bits per heavy atom. The maximum atomic E-state index is 13.4. The SMILES string of the molecule is CCCNC(c1ccc(Br)cc1)c1ccc(F)c(C)c1. The normalized spacial score (nSPS) is 12.4. The van der Waals surface area contributed by atoms with Crippen LogP contribution in [-0.4, -0.2) is 6.54 Å². The minimum Gasteiger partial charge on any atom is -0.306 e. The second-order valence-corrected chi connectivity index (χ2v) is 5.86. The molecule has 106 valence electrons. The van der Waals surface area contributed by atoms with Gasteiger partial charge in [-0.15, -0.1) is 0 Å². The van der Waals surface area contributed by atoms with E-state index in [-0.39, 0.29) is 11.9 Å². The lowest BCUT2D eigenvalue weighted by atomic mass is 9.97. The lowest BCUT2D eigenvalue weighted by molar-refractivity contribution is 0.590. The van der Waals surface area contributed by atoms with E-state index >= 15 is 0 Å². The van der Waals surface area contributed by atoms with Crippen molar-refractivity contribution in [2.45, 2.75) is 26.3 Å². The van der Waals surface area contributed by atoms with Gasteiger partial charge >= 0.3 is 0 Å². The Morgan fingerprint density at radius 3 is 2.35 bits per heavy atom. The zero-order chi connectivity index (χ0) is 14.5. The standard InChI is InChI=1S/C17H19BrFN/c1-3-10-20-17(13-4-7-15(18)8-5-13)14-6-9-16(19)12(2)11-14/h4-9,11,17,20H,3,10H2,1-2H3. The van der Waals surface area contributed by atoms with Crippen molar-refractivity contribution in [1.29, 1.82) is 0 Å². The quantitative estimate of drug-likeness (QED) is 0.811. The van der Waals surface area contributed by atoms with E-state index in [4.69, 9.17) is 0 Å². The van der Waals surface area contributed by atoms with Crippen molar-refractivity contribution in [3.05, 3.63) is 69.4 Å². The number of aryl methyl sites for hydroxylation is 1. The first-order chi connectivity index (χ1) is 9.61. The fourth-order valence-corrected chi connectivity index (χ4v) is 2.48. The number of rotatable bonds is 5. The van der Waals surface area contributed by atoms with E-state index in [0.29, 0.717) is 5.56 Å². The van der Waals surface area contributed by atoms with Crippen LogP contribution in [0.15, 0.2) is 46.9 Å². The van der Waals surface area contributed by atoms with Crippen molar-refractivity contribution in [2.24, 2.45) is 0 Å². The molecule has 0 bridgehead atoms. The monoisotopic (exact) mass is 335 g/mol. The van der Waals surface area contributed by atoms with Gasteiger partial charge in [-0.1, -0.05) is 47.1 Å². The number of hydrogen-bond acceptors (Lipinski definition) is 1. The Bertz CT molecular complexity index is 566. The number of nitrogens with one attached hydrogen (secondary N) is 1. The molecule has 0 aliphatic heterocycles. The molecule has 1 unspecified atom stereocenters. The van der Waals surface area contributed by atoms with Crippen molar-refractivity contribution >= 4 is 15.9 Å². The molecular weight excluding hydrogens is 317 g/mol. The predicted molar refractivity (Wildman–Crippen MR) is 85.4 cm³/mol. The highest BCUT2D eigenvalue weighted by Crippen LogP contribution is 2.25. The van der Waals surface area contributed by atoms with Gasteiger partial charge in [0.25, 0.3) is 0 Å². The molecule has 0 aliphatic rings. The lowest BCUT2D eigenvalue weighted by Gasteiger charge is -2.20. The van der Waals surface area contributed by atoms with Crippen molar-refractivity contribution in [1.82, 2.24) is 5.32 Å². The van der Waals surface area contributed by atoms with Crippen molar-refractivity contribution in [3.63, 3.8) is 0 Å². The third-order valence-electron chi connectivity index (χ3n) is 3.32. The molecule has 1 nitrogen and oxygen atoms in total. The van der Waals surface area contributed by atoms with E-state index in [0.717, 1.165) is 23.0 Å². The molecule has 0 radical (unpaired) electrons. The zero-order valence-corrected chi connectivity index (χ0v) is 13.4. The molecule has 3 heteroatoms. The smallest absolute Gasteiger partial charge is 0.126 e. The van der Waals surface area contributed by atoms with Crippen LogP contribution in [0.3, 0.4) is 0 Å². The molecule has 0 aromatic heterocycles. The summed E-state index contributed by atoms with van der Waals surface area (Å²) in [5.41, 5.74) is 2.97. The Hall–Kier alpha value is -1.19. The Labute approximate surface area is 128 Å². The topological polar surface area (TPSA) is 12.0 Å². The molecular formula is C17H19BrFN. The van der Waals surface area contributed by atoms with Crippen LogP contribution in [0.4, 0.5) is 4.39 Å². The van der Waals surface area contributed by atoms with E-state index in [9.17, 15) is 4.39 Å². The van der Waals surface area contributed by atoms with Crippen LogP contribution >= 0.6 is 15.9 Å². The summed E-state index contributed by atoms with van der Waals surface area (Å²) >= 11 is 3.45.